The first-order valence-corrected chi connectivity index (χ1v) is 20.8. The highest BCUT2D eigenvalue weighted by atomic mass is 33.1. The zero-order valence-electron chi connectivity index (χ0n) is 31.6. The Morgan fingerprint density at radius 2 is 1.85 bits per heavy atom. The highest BCUT2D eigenvalue weighted by molar-refractivity contribution is 8.76. The number of benzene rings is 1. The number of fused-ring (bicyclic) bond motifs is 5. The second kappa shape index (κ2) is 17.2. The summed E-state index contributed by atoms with van der Waals surface area (Å²) < 4.78 is 102. The van der Waals surface area contributed by atoms with Gasteiger partial charge in [0.15, 0.2) is 0 Å². The molecule has 0 bridgehead atoms. The molecule has 15 heteroatoms. The predicted octanol–water partition coefficient (Wildman–Crippen LogP) is 7.73. The number of methoxy groups -OCH3 is 1. The summed E-state index contributed by atoms with van der Waals surface area (Å²) in [4.78, 5) is 16.6. The lowest BCUT2D eigenvalue weighted by Crippen LogP contribution is -2.57. The van der Waals surface area contributed by atoms with Gasteiger partial charge in [-0.2, -0.15) is 26.3 Å². The number of aryl methyl sites for hydroxylation is 1. The minimum absolute atomic E-state index is 0.0113. The van der Waals surface area contributed by atoms with Gasteiger partial charge in [0, 0.05) is 50.8 Å². The number of rotatable bonds is 16. The van der Waals surface area contributed by atoms with Crippen LogP contribution in [-0.4, -0.2) is 117 Å². The van der Waals surface area contributed by atoms with E-state index < -0.39 is 24.6 Å². The third-order valence-electron chi connectivity index (χ3n) is 12.3. The van der Waals surface area contributed by atoms with Crippen LogP contribution < -0.4 is 10.1 Å². The Morgan fingerprint density at radius 3 is 2.58 bits per heavy atom. The maximum atomic E-state index is 13.4. The quantitative estimate of drug-likeness (QED) is 0.104. The molecule has 1 saturated heterocycles. The van der Waals surface area contributed by atoms with Crippen molar-refractivity contribution >= 4 is 27.5 Å². The fraction of sp³-hybridized carbons (Fsp3) is 0.811. The molecule has 296 valence electrons. The van der Waals surface area contributed by atoms with Crippen LogP contribution in [0.25, 0.3) is 0 Å². The number of nitrogens with one attached hydrogen (secondary N) is 1. The summed E-state index contributed by atoms with van der Waals surface area (Å²) in [6.45, 7) is 2.57. The van der Waals surface area contributed by atoms with Gasteiger partial charge in [-0.25, -0.2) is 0 Å². The van der Waals surface area contributed by atoms with Gasteiger partial charge in [0.1, 0.15) is 5.75 Å². The normalized spacial score (nSPS) is 29.4. The number of ether oxygens (including phenoxy) is 3. The number of carbonyl (C=O) groups excluding carboxylic acids is 1. The van der Waals surface area contributed by atoms with Crippen LogP contribution in [0, 0.1) is 17.3 Å². The maximum Gasteiger partial charge on any atom is 0.426 e. The molecule has 1 aromatic carbocycles. The largest absolute Gasteiger partial charge is 0.494 e. The highest BCUT2D eigenvalue weighted by Crippen LogP contribution is 2.62. The SMILES string of the molecule is [2H]CO[C@@H]1CN[C@@H](CSSCCCOc2ccc3c(c2)CCC2C3CC[C@@]3(C)C2CC[C@@H]3N(C)C(=O)CN(C)CCOC(C)(C(F)(F)F)C(F)(F)F)C1. The lowest BCUT2D eigenvalue weighted by atomic mass is 9.55. The standard InChI is InChI=1S/C37H55F6N3O4S2/c1-34-14-13-29-28-10-8-26(49-16-6-18-51-52-23-25-20-27(48-5)21-44-25)19-24(28)7-9-30(29)31(34)11-12-32(34)46(4)33(47)22-45(3)15-17-50-35(2,36(38,39)40)37(41,42)43/h8,10,19,25,27,29-32,44H,6-7,9,11-18,20-23H2,1-5H3/t25-,27+,29?,30?,31?,32+,34+/m1/s1/i5D. The van der Waals surface area contributed by atoms with Crippen molar-refractivity contribution in [2.45, 2.75) is 107 Å². The van der Waals surface area contributed by atoms with Crippen molar-refractivity contribution in [3.63, 3.8) is 0 Å². The van der Waals surface area contributed by atoms with Crippen molar-refractivity contribution in [3.8, 4) is 5.75 Å². The first-order valence-electron chi connectivity index (χ1n) is 19.0. The first kappa shape index (κ1) is 40.3. The third kappa shape index (κ3) is 9.17. The van der Waals surface area contributed by atoms with Crippen LogP contribution in [0.1, 0.15) is 77.2 Å². The summed E-state index contributed by atoms with van der Waals surface area (Å²) in [6, 6.07) is 7.04. The number of hydrogen-bond acceptors (Lipinski definition) is 8. The second-order valence-electron chi connectivity index (χ2n) is 15.5. The summed E-state index contributed by atoms with van der Waals surface area (Å²) in [7, 11) is 7.04. The molecule has 0 spiro atoms. The molecule has 3 unspecified atom stereocenters. The first-order chi connectivity index (χ1) is 25.0. The molecule has 4 aliphatic rings. The van der Waals surface area contributed by atoms with Gasteiger partial charge < -0.3 is 24.4 Å². The molecule has 1 aliphatic heterocycles. The van der Waals surface area contributed by atoms with Crippen LogP contribution in [0.3, 0.4) is 0 Å². The number of hydrogen-bond donors (Lipinski definition) is 1. The van der Waals surface area contributed by atoms with Crippen molar-refractivity contribution in [1.82, 2.24) is 15.1 Å². The van der Waals surface area contributed by atoms with Gasteiger partial charge in [-0.05, 0) is 112 Å². The molecule has 2 saturated carbocycles. The van der Waals surface area contributed by atoms with Crippen LogP contribution >= 0.6 is 21.6 Å². The molecule has 1 heterocycles. The molecule has 52 heavy (non-hydrogen) atoms. The molecular formula is C37H55F6N3O4S2. The summed E-state index contributed by atoms with van der Waals surface area (Å²) >= 11 is 0. The zero-order valence-corrected chi connectivity index (χ0v) is 32.3. The molecule has 1 aromatic rings. The smallest absolute Gasteiger partial charge is 0.426 e. The van der Waals surface area contributed by atoms with E-state index in [1.165, 1.54) is 23.1 Å². The summed E-state index contributed by atoms with van der Waals surface area (Å²) in [6.07, 6.45) is -3.19. The van der Waals surface area contributed by atoms with Crippen molar-refractivity contribution in [1.29, 1.82) is 0 Å². The van der Waals surface area contributed by atoms with Gasteiger partial charge in [0.05, 0.1) is 27.2 Å². The molecule has 1 N–H and O–H groups in total. The van der Waals surface area contributed by atoms with Crippen molar-refractivity contribution in [2.24, 2.45) is 17.3 Å². The average Bonchev–Trinajstić information content (AvgIpc) is 3.69. The Bertz CT molecular complexity index is 1360. The van der Waals surface area contributed by atoms with E-state index in [2.05, 4.69) is 35.2 Å². The van der Waals surface area contributed by atoms with E-state index in [1.54, 1.807) is 11.9 Å². The van der Waals surface area contributed by atoms with Crippen LogP contribution in [0.4, 0.5) is 26.3 Å². The second-order valence-corrected chi connectivity index (χ2v) is 18.1. The summed E-state index contributed by atoms with van der Waals surface area (Å²) in [5.74, 6) is 4.19. The minimum atomic E-state index is -5.62. The van der Waals surface area contributed by atoms with E-state index >= 15 is 0 Å². The maximum absolute atomic E-state index is 13.4. The number of likely N-dealkylation sites (N-methyl/N-ethyl adjacent to an activating group) is 2. The molecule has 7 atom stereocenters. The van der Waals surface area contributed by atoms with Gasteiger partial charge in [-0.1, -0.05) is 34.6 Å². The topological polar surface area (TPSA) is 63.3 Å². The van der Waals surface area contributed by atoms with E-state index in [9.17, 15) is 31.1 Å². The monoisotopic (exact) mass is 784 g/mol. The minimum Gasteiger partial charge on any atom is -0.494 e. The number of alkyl halides is 6. The summed E-state index contributed by atoms with van der Waals surface area (Å²) in [5.41, 5.74) is -1.56. The zero-order chi connectivity index (χ0) is 38.6. The molecule has 3 aliphatic carbocycles. The van der Waals surface area contributed by atoms with E-state index in [4.69, 9.17) is 10.8 Å². The van der Waals surface area contributed by atoms with Crippen molar-refractivity contribution in [3.05, 3.63) is 29.3 Å². The van der Waals surface area contributed by atoms with Gasteiger partial charge in [-0.3, -0.25) is 9.69 Å². The fourth-order valence-corrected chi connectivity index (χ4v) is 11.5. The lowest BCUT2D eigenvalue weighted by molar-refractivity contribution is -0.374. The Labute approximate surface area is 313 Å². The Balaban J connectivity index is 1.06. The van der Waals surface area contributed by atoms with E-state index in [0.717, 1.165) is 75.2 Å². The molecule has 1 amide bonds. The van der Waals surface area contributed by atoms with Crippen molar-refractivity contribution in [2.75, 3.05) is 65.5 Å². The van der Waals surface area contributed by atoms with Crippen LogP contribution in [0.5, 0.6) is 5.75 Å². The molecule has 3 fully saturated rings. The number of halogens is 6. The Morgan fingerprint density at radius 1 is 1.08 bits per heavy atom. The average molecular weight is 785 g/mol. The Hall–Kier alpha value is -1.39. The molecule has 0 aromatic heterocycles. The van der Waals surface area contributed by atoms with E-state index in [1.807, 2.05) is 21.6 Å². The van der Waals surface area contributed by atoms with Crippen molar-refractivity contribution < 1.29 is 46.7 Å². The van der Waals surface area contributed by atoms with Crippen LogP contribution in [0.2, 0.25) is 0 Å². The predicted molar refractivity (Wildman–Crippen MR) is 194 cm³/mol. The number of carbonyl (C=O) groups is 1. The number of amides is 1. The van der Waals surface area contributed by atoms with Gasteiger partial charge in [0.25, 0.3) is 5.60 Å². The molecular weight excluding hydrogens is 729 g/mol. The van der Waals surface area contributed by atoms with Gasteiger partial charge in [0.2, 0.25) is 5.91 Å². The van der Waals surface area contributed by atoms with E-state index in [-0.39, 0.29) is 50.6 Å². The van der Waals surface area contributed by atoms with E-state index in [0.29, 0.717) is 30.4 Å². The van der Waals surface area contributed by atoms with Gasteiger partial charge >= 0.3 is 12.4 Å². The molecule has 0 radical (unpaired) electrons. The summed E-state index contributed by atoms with van der Waals surface area (Å²) in [5, 5.41) is 3.47. The van der Waals surface area contributed by atoms with Crippen LogP contribution in [0.15, 0.2) is 18.2 Å². The van der Waals surface area contributed by atoms with Gasteiger partial charge in [-0.15, -0.1) is 0 Å². The highest BCUT2D eigenvalue weighted by Gasteiger charge is 2.69. The molecule has 5 rings (SSSR count). The molecule has 7 nitrogen and oxygen atoms in total. The third-order valence-corrected chi connectivity index (χ3v) is 14.8. The Kier molecular flexibility index (Phi) is 13.3. The lowest BCUT2D eigenvalue weighted by Gasteiger charge is -2.52. The fourth-order valence-electron chi connectivity index (χ4n) is 9.12. The number of nitrogens with zero attached hydrogens (tertiary/aromatic N) is 2. The van der Waals surface area contributed by atoms with Crippen LogP contribution in [-0.2, 0) is 20.7 Å².